The second-order valence-corrected chi connectivity index (χ2v) is 15.2. The average molecular weight is 539 g/mol. The third-order valence-corrected chi connectivity index (χ3v) is 10.6. The van der Waals surface area contributed by atoms with Gasteiger partial charge in [0.05, 0.1) is 19.0 Å². The number of benzene rings is 2. The molecule has 0 aliphatic rings. The maximum atomic E-state index is 13.0. The highest BCUT2D eigenvalue weighted by atomic mass is 32.2. The molecule has 2 aromatic rings. The smallest absolute Gasteiger partial charge is 0.215 e. The van der Waals surface area contributed by atoms with E-state index in [-0.39, 0.29) is 29.2 Å². The lowest BCUT2D eigenvalue weighted by molar-refractivity contribution is -0.108. The molecule has 9 heteroatoms. The van der Waals surface area contributed by atoms with Crippen molar-refractivity contribution in [3.8, 4) is 0 Å². The van der Waals surface area contributed by atoms with Gasteiger partial charge in [0, 0.05) is 9.79 Å². The molecule has 2 unspecified atom stereocenters. The Balaban J connectivity index is 2.05. The maximum absolute atomic E-state index is 13.0. The van der Waals surface area contributed by atoms with Crippen LogP contribution in [-0.2, 0) is 19.4 Å². The number of hydrogen-bond donors (Lipinski definition) is 0. The molecule has 0 saturated carbocycles. The van der Waals surface area contributed by atoms with E-state index < -0.39 is 9.84 Å². The van der Waals surface area contributed by atoms with Gasteiger partial charge in [0.15, 0.2) is 0 Å². The molecule has 2 aromatic carbocycles. The molecule has 0 aromatic heterocycles. The van der Waals surface area contributed by atoms with E-state index in [0.717, 1.165) is 9.79 Å². The summed E-state index contributed by atoms with van der Waals surface area (Å²) >= 11 is 5.38. The summed E-state index contributed by atoms with van der Waals surface area (Å²) in [6, 6.07) is 13.3. The Morgan fingerprint density at radius 1 is 0.697 bits per heavy atom. The molecule has 0 radical (unpaired) electrons. The van der Waals surface area contributed by atoms with E-state index in [4.69, 9.17) is 0 Å². The van der Waals surface area contributed by atoms with E-state index in [9.17, 15) is 18.0 Å². The summed E-state index contributed by atoms with van der Waals surface area (Å²) < 4.78 is 26.0. The van der Waals surface area contributed by atoms with Crippen molar-refractivity contribution >= 4 is 67.1 Å². The number of thioether (sulfide) groups is 4. The molecule has 176 valence electrons. The largest absolute Gasteiger partial charge is 0.282 e. The van der Waals surface area contributed by atoms with Crippen LogP contribution < -0.4 is 0 Å². The van der Waals surface area contributed by atoms with Gasteiger partial charge >= 0.3 is 0 Å². The van der Waals surface area contributed by atoms with Gasteiger partial charge in [-0.15, -0.1) is 23.5 Å². The van der Waals surface area contributed by atoms with Crippen LogP contribution in [0, 0.1) is 0 Å². The quantitative estimate of drug-likeness (QED) is 0.181. The highest BCUT2D eigenvalue weighted by Gasteiger charge is 2.19. The first-order valence-electron chi connectivity index (χ1n) is 9.91. The van der Waals surface area contributed by atoms with Crippen molar-refractivity contribution in [2.45, 2.75) is 56.4 Å². The molecule has 0 aliphatic heterocycles. The first-order valence-corrected chi connectivity index (χ1v) is 14.9. The zero-order chi connectivity index (χ0) is 24.8. The molecule has 0 N–H and O–H groups in total. The van der Waals surface area contributed by atoms with Crippen molar-refractivity contribution < 1.29 is 18.0 Å². The number of sulfone groups is 1. The summed E-state index contributed by atoms with van der Waals surface area (Å²) in [4.78, 5) is 25.8. The van der Waals surface area contributed by atoms with E-state index in [1.54, 1.807) is 62.4 Å². The predicted octanol–water partition coefficient (Wildman–Crippen LogP) is 7.07. The van der Waals surface area contributed by atoms with E-state index in [2.05, 4.69) is 13.2 Å². The molecule has 0 bridgehead atoms. The lowest BCUT2D eigenvalue weighted by atomic mass is 10.4. The van der Waals surface area contributed by atoms with Gasteiger partial charge in [-0.1, -0.05) is 36.7 Å². The van der Waals surface area contributed by atoms with Gasteiger partial charge in [0.25, 0.3) is 0 Å². The topological polar surface area (TPSA) is 68.3 Å². The SMILES string of the molecule is C=C(C)C(=O)SC(C)Sc1ccc(S(=O)(=O)c2ccc(SC(C)SC(=O)C(=C)C)cc2)cc1. The van der Waals surface area contributed by atoms with Gasteiger partial charge < -0.3 is 0 Å². The van der Waals surface area contributed by atoms with Crippen LogP contribution in [0.25, 0.3) is 0 Å². The summed E-state index contributed by atoms with van der Waals surface area (Å²) in [5.41, 5.74) is 1.01. The minimum Gasteiger partial charge on any atom is -0.282 e. The highest BCUT2D eigenvalue weighted by Crippen LogP contribution is 2.35. The normalized spacial score (nSPS) is 13.2. The summed E-state index contributed by atoms with van der Waals surface area (Å²) in [7, 11) is -3.65. The van der Waals surface area contributed by atoms with E-state index in [1.807, 2.05) is 13.8 Å². The number of rotatable bonds is 10. The fourth-order valence-electron chi connectivity index (χ4n) is 2.46. The van der Waals surface area contributed by atoms with Crippen LogP contribution in [0.15, 0.2) is 92.4 Å². The minimum atomic E-state index is -3.65. The van der Waals surface area contributed by atoms with Crippen LogP contribution in [0.3, 0.4) is 0 Å². The third-order valence-electron chi connectivity index (χ3n) is 4.12. The lowest BCUT2D eigenvalue weighted by Gasteiger charge is -2.12. The van der Waals surface area contributed by atoms with Crippen molar-refractivity contribution in [1.29, 1.82) is 0 Å². The molecule has 0 spiro atoms. The Morgan fingerprint density at radius 2 is 1.00 bits per heavy atom. The van der Waals surface area contributed by atoms with E-state index in [0.29, 0.717) is 11.1 Å². The van der Waals surface area contributed by atoms with Crippen molar-refractivity contribution in [3.63, 3.8) is 0 Å². The van der Waals surface area contributed by atoms with Gasteiger partial charge in [-0.2, -0.15) is 0 Å². The molecule has 0 heterocycles. The van der Waals surface area contributed by atoms with Crippen molar-refractivity contribution in [1.82, 2.24) is 0 Å². The van der Waals surface area contributed by atoms with Gasteiger partial charge in [-0.05, 0) is 87.4 Å². The first-order chi connectivity index (χ1) is 15.4. The van der Waals surface area contributed by atoms with Crippen molar-refractivity contribution in [3.05, 3.63) is 72.8 Å². The van der Waals surface area contributed by atoms with Crippen molar-refractivity contribution in [2.75, 3.05) is 0 Å². The second-order valence-electron chi connectivity index (χ2n) is 7.19. The van der Waals surface area contributed by atoms with Crippen LogP contribution in [0.4, 0.5) is 0 Å². The third kappa shape index (κ3) is 8.40. The fraction of sp³-hybridized carbons (Fsp3) is 0.250. The van der Waals surface area contributed by atoms with Gasteiger partial charge in [-0.25, -0.2) is 8.42 Å². The summed E-state index contributed by atoms with van der Waals surface area (Å²) in [6.45, 7) is 14.5. The molecular formula is C24H26O4S5. The monoisotopic (exact) mass is 538 g/mol. The molecule has 0 aliphatic carbocycles. The summed E-state index contributed by atoms with van der Waals surface area (Å²) in [6.07, 6.45) is 0. The van der Waals surface area contributed by atoms with Crippen molar-refractivity contribution in [2.24, 2.45) is 0 Å². The highest BCUT2D eigenvalue weighted by molar-refractivity contribution is 8.25. The lowest BCUT2D eigenvalue weighted by Crippen LogP contribution is -2.02. The zero-order valence-electron chi connectivity index (χ0n) is 18.9. The van der Waals surface area contributed by atoms with Crippen LogP contribution in [0.1, 0.15) is 27.7 Å². The number of hydrogen-bond acceptors (Lipinski definition) is 8. The van der Waals surface area contributed by atoms with Crippen LogP contribution in [-0.4, -0.2) is 27.8 Å². The van der Waals surface area contributed by atoms with E-state index >= 15 is 0 Å². The summed E-state index contributed by atoms with van der Waals surface area (Å²) in [5.74, 6) is 0. The molecule has 0 saturated heterocycles. The standard InChI is InChI=1S/C24H26O4S5/c1-15(2)23(25)31-17(5)29-19-7-11-21(12-8-19)33(27,28)22-13-9-20(10-14-22)30-18(6)32-24(26)16(3)4/h7-14,17-18H,1,3H2,2,4-6H3. The Hall–Kier alpha value is -1.39. The minimum absolute atomic E-state index is 0.0204. The molecule has 2 atom stereocenters. The maximum Gasteiger partial charge on any atom is 0.215 e. The van der Waals surface area contributed by atoms with Crippen LogP contribution in [0.2, 0.25) is 0 Å². The van der Waals surface area contributed by atoms with Gasteiger partial charge in [0.1, 0.15) is 0 Å². The fourth-order valence-corrected chi connectivity index (χ4v) is 7.66. The number of carbonyl (C=O) groups excluding carboxylic acids is 2. The summed E-state index contributed by atoms with van der Waals surface area (Å²) in [5, 5.41) is -0.0996. The molecule has 0 fully saturated rings. The number of carbonyl (C=O) groups is 2. The zero-order valence-corrected chi connectivity index (χ0v) is 22.9. The van der Waals surface area contributed by atoms with Crippen LogP contribution >= 0.6 is 47.0 Å². The molecule has 33 heavy (non-hydrogen) atoms. The average Bonchev–Trinajstić information content (AvgIpc) is 2.74. The van der Waals surface area contributed by atoms with Crippen LogP contribution in [0.5, 0.6) is 0 Å². The first kappa shape index (κ1) is 27.9. The second kappa shape index (κ2) is 12.4. The Kier molecular flexibility index (Phi) is 10.4. The Labute approximate surface area is 213 Å². The Bertz CT molecular complexity index is 1050. The molecule has 2 rings (SSSR count). The molecule has 0 amide bonds. The predicted molar refractivity (Wildman–Crippen MR) is 144 cm³/mol. The Morgan fingerprint density at radius 3 is 1.27 bits per heavy atom. The van der Waals surface area contributed by atoms with E-state index in [1.165, 1.54) is 47.0 Å². The molecule has 4 nitrogen and oxygen atoms in total. The van der Waals surface area contributed by atoms with Gasteiger partial charge in [0.2, 0.25) is 20.1 Å². The van der Waals surface area contributed by atoms with Gasteiger partial charge in [-0.3, -0.25) is 9.59 Å². The molecular weight excluding hydrogens is 513 g/mol.